The van der Waals surface area contributed by atoms with Crippen molar-refractivity contribution in [2.75, 3.05) is 13.7 Å². The van der Waals surface area contributed by atoms with Crippen molar-refractivity contribution in [3.63, 3.8) is 0 Å². The van der Waals surface area contributed by atoms with Gasteiger partial charge >= 0.3 is 0 Å². The summed E-state index contributed by atoms with van der Waals surface area (Å²) in [7, 11) is 1.67. The van der Waals surface area contributed by atoms with Crippen molar-refractivity contribution < 1.29 is 9.47 Å². The molecule has 0 unspecified atom stereocenters. The molecule has 0 radical (unpaired) electrons. The van der Waals surface area contributed by atoms with Crippen LogP contribution in [-0.2, 0) is 11.8 Å². The zero-order valence-corrected chi connectivity index (χ0v) is 12.4. The summed E-state index contributed by atoms with van der Waals surface area (Å²) in [4.78, 5) is 4.26. The predicted molar refractivity (Wildman–Crippen MR) is 79.1 cm³/mol. The Labute approximate surface area is 121 Å². The van der Waals surface area contributed by atoms with E-state index in [1.807, 2.05) is 36.4 Å². The molecule has 1 aromatic carbocycles. The summed E-state index contributed by atoms with van der Waals surface area (Å²) in [6.45, 7) is 0.641. The van der Waals surface area contributed by atoms with Gasteiger partial charge in [-0.2, -0.15) is 0 Å². The highest BCUT2D eigenvalue weighted by molar-refractivity contribution is 9.08. The second-order valence-corrected chi connectivity index (χ2v) is 4.63. The number of nitrogens with zero attached hydrogens (tertiary/aromatic N) is 1. The number of hydrogen-bond donors (Lipinski definition) is 0. The normalized spacial score (nSPS) is 10.2. The monoisotopic (exact) mass is 321 g/mol. The van der Waals surface area contributed by atoms with Crippen LogP contribution in [0.3, 0.4) is 0 Å². The van der Waals surface area contributed by atoms with Crippen LogP contribution >= 0.6 is 15.9 Å². The van der Waals surface area contributed by atoms with Crippen molar-refractivity contribution >= 4 is 15.9 Å². The Kier molecular flexibility index (Phi) is 5.21. The first kappa shape index (κ1) is 13.9. The van der Waals surface area contributed by atoms with Crippen molar-refractivity contribution in [1.29, 1.82) is 0 Å². The fourth-order valence-corrected chi connectivity index (χ4v) is 1.99. The summed E-state index contributed by atoms with van der Waals surface area (Å²) in [5.74, 6) is 1.68. The molecule has 0 amide bonds. The number of benzene rings is 1. The first-order valence-corrected chi connectivity index (χ1v) is 7.20. The van der Waals surface area contributed by atoms with Crippen LogP contribution in [0.25, 0.3) is 0 Å². The van der Waals surface area contributed by atoms with Gasteiger partial charge in [0.1, 0.15) is 11.5 Å². The lowest BCUT2D eigenvalue weighted by molar-refractivity contribution is 0.320. The van der Waals surface area contributed by atoms with Crippen LogP contribution < -0.4 is 9.47 Å². The van der Waals surface area contributed by atoms with Gasteiger partial charge in [-0.3, -0.25) is 4.98 Å². The topological polar surface area (TPSA) is 31.4 Å². The van der Waals surface area contributed by atoms with Gasteiger partial charge in [-0.1, -0.05) is 28.1 Å². The van der Waals surface area contributed by atoms with Crippen LogP contribution in [0.4, 0.5) is 0 Å². The maximum atomic E-state index is 5.66. The van der Waals surface area contributed by atoms with E-state index in [9.17, 15) is 0 Å². The number of alkyl halides is 1. The highest BCUT2D eigenvalue weighted by Gasteiger charge is 1.98. The Balaban J connectivity index is 1.81. The van der Waals surface area contributed by atoms with E-state index >= 15 is 0 Å². The Morgan fingerprint density at radius 3 is 2.37 bits per heavy atom. The molecule has 100 valence electrons. The lowest BCUT2D eigenvalue weighted by atomic mass is 10.1. The van der Waals surface area contributed by atoms with Crippen molar-refractivity contribution in [3.05, 3.63) is 53.9 Å². The molecule has 1 aromatic heterocycles. The minimum absolute atomic E-state index is 0.641. The van der Waals surface area contributed by atoms with Crippen LogP contribution in [0.2, 0.25) is 0 Å². The molecule has 0 fully saturated rings. The molecule has 0 saturated heterocycles. The minimum atomic E-state index is 0.641. The molecule has 0 saturated carbocycles. The largest absolute Gasteiger partial charge is 0.497 e. The average molecular weight is 322 g/mol. The maximum absolute atomic E-state index is 5.66. The molecule has 0 aliphatic rings. The molecular weight excluding hydrogens is 306 g/mol. The minimum Gasteiger partial charge on any atom is -0.497 e. The van der Waals surface area contributed by atoms with Gasteiger partial charge in [0.2, 0.25) is 0 Å². The maximum Gasteiger partial charge on any atom is 0.137 e. The Morgan fingerprint density at radius 1 is 1.05 bits per heavy atom. The van der Waals surface area contributed by atoms with Crippen LogP contribution in [0.1, 0.15) is 11.3 Å². The fourth-order valence-electron chi connectivity index (χ4n) is 1.65. The van der Waals surface area contributed by atoms with Crippen molar-refractivity contribution in [2.24, 2.45) is 0 Å². The van der Waals surface area contributed by atoms with Crippen LogP contribution in [-0.4, -0.2) is 18.7 Å². The number of aromatic nitrogens is 1. The first-order chi connectivity index (χ1) is 9.31. The quantitative estimate of drug-likeness (QED) is 0.762. The zero-order chi connectivity index (χ0) is 13.5. The van der Waals surface area contributed by atoms with E-state index in [-0.39, 0.29) is 0 Å². The third-order valence-electron chi connectivity index (χ3n) is 2.75. The molecule has 4 heteroatoms. The highest BCUT2D eigenvalue weighted by Crippen LogP contribution is 2.14. The molecule has 0 spiro atoms. The van der Waals surface area contributed by atoms with Gasteiger partial charge in [0.05, 0.1) is 25.6 Å². The number of methoxy groups -OCH3 is 1. The standard InChI is InChI=1S/C15H16BrNO2/c1-18-14-5-2-12(3-6-14)8-9-19-15-7-4-13(10-16)17-11-15/h2-7,11H,8-10H2,1H3. The van der Waals surface area contributed by atoms with Crippen LogP contribution in [0, 0.1) is 0 Å². The number of rotatable bonds is 6. The van der Waals surface area contributed by atoms with Crippen LogP contribution in [0.15, 0.2) is 42.6 Å². The summed E-state index contributed by atoms with van der Waals surface area (Å²) in [5, 5.41) is 0.763. The van der Waals surface area contributed by atoms with Gasteiger partial charge in [0, 0.05) is 11.8 Å². The van der Waals surface area contributed by atoms with E-state index < -0.39 is 0 Å². The van der Waals surface area contributed by atoms with Gasteiger partial charge in [0.15, 0.2) is 0 Å². The molecule has 2 aromatic rings. The van der Waals surface area contributed by atoms with Gasteiger partial charge in [-0.15, -0.1) is 0 Å². The number of halogens is 1. The molecule has 3 nitrogen and oxygen atoms in total. The third kappa shape index (κ3) is 4.24. The van der Waals surface area contributed by atoms with E-state index in [1.165, 1.54) is 5.56 Å². The van der Waals surface area contributed by atoms with Crippen LogP contribution in [0.5, 0.6) is 11.5 Å². The highest BCUT2D eigenvalue weighted by atomic mass is 79.9. The molecule has 1 heterocycles. The molecule has 0 atom stereocenters. The van der Waals surface area contributed by atoms with E-state index in [1.54, 1.807) is 13.3 Å². The average Bonchev–Trinajstić information content (AvgIpc) is 2.49. The number of pyridine rings is 1. The van der Waals surface area contributed by atoms with Crippen molar-refractivity contribution in [1.82, 2.24) is 4.98 Å². The zero-order valence-electron chi connectivity index (χ0n) is 10.8. The van der Waals surface area contributed by atoms with Crippen molar-refractivity contribution in [2.45, 2.75) is 11.8 Å². The number of ether oxygens (including phenoxy) is 2. The summed E-state index contributed by atoms with van der Waals surface area (Å²) in [5.41, 5.74) is 2.23. The SMILES string of the molecule is COc1ccc(CCOc2ccc(CBr)nc2)cc1. The molecule has 0 aliphatic heterocycles. The molecule has 2 rings (SSSR count). The lowest BCUT2D eigenvalue weighted by Gasteiger charge is -2.07. The molecule has 0 aliphatic carbocycles. The second-order valence-electron chi connectivity index (χ2n) is 4.07. The summed E-state index contributed by atoms with van der Waals surface area (Å²) >= 11 is 3.36. The molecule has 0 N–H and O–H groups in total. The lowest BCUT2D eigenvalue weighted by Crippen LogP contribution is -2.01. The summed E-state index contributed by atoms with van der Waals surface area (Å²) < 4.78 is 10.8. The second kappa shape index (κ2) is 7.14. The predicted octanol–water partition coefficient (Wildman–Crippen LogP) is 3.61. The fraction of sp³-hybridized carbons (Fsp3) is 0.267. The summed E-state index contributed by atoms with van der Waals surface area (Å²) in [6.07, 6.45) is 2.62. The van der Waals surface area contributed by atoms with Crippen molar-refractivity contribution in [3.8, 4) is 11.5 Å². The first-order valence-electron chi connectivity index (χ1n) is 6.08. The Bertz CT molecular complexity index is 449. The van der Waals surface area contributed by atoms with E-state index in [0.29, 0.717) is 6.61 Å². The van der Waals surface area contributed by atoms with Gasteiger partial charge in [0.25, 0.3) is 0 Å². The Hall–Kier alpha value is -1.55. The molecule has 0 bridgehead atoms. The van der Waals surface area contributed by atoms with E-state index in [4.69, 9.17) is 9.47 Å². The van der Waals surface area contributed by atoms with E-state index in [0.717, 1.165) is 28.9 Å². The van der Waals surface area contributed by atoms with Gasteiger partial charge in [-0.05, 0) is 29.8 Å². The Morgan fingerprint density at radius 2 is 1.79 bits per heavy atom. The van der Waals surface area contributed by atoms with E-state index in [2.05, 4.69) is 20.9 Å². The molecular formula is C15H16BrNO2. The van der Waals surface area contributed by atoms with Gasteiger partial charge < -0.3 is 9.47 Å². The number of hydrogen-bond acceptors (Lipinski definition) is 3. The molecule has 19 heavy (non-hydrogen) atoms. The summed E-state index contributed by atoms with van der Waals surface area (Å²) in [6, 6.07) is 11.9. The third-order valence-corrected chi connectivity index (χ3v) is 3.33. The van der Waals surface area contributed by atoms with Gasteiger partial charge in [-0.25, -0.2) is 0 Å². The smallest absolute Gasteiger partial charge is 0.137 e.